The molecule has 1 N–H and O–H groups in total. The molecule has 170 valence electrons. The Hall–Kier alpha value is -3.58. The van der Waals surface area contributed by atoms with Crippen molar-refractivity contribution in [3.8, 4) is 5.75 Å². The zero-order valence-electron chi connectivity index (χ0n) is 19.0. The highest BCUT2D eigenvalue weighted by molar-refractivity contribution is 7.11. The van der Waals surface area contributed by atoms with Gasteiger partial charge in [0.05, 0.1) is 17.9 Å². The zero-order chi connectivity index (χ0) is 23.4. The molecule has 3 aromatic rings. The summed E-state index contributed by atoms with van der Waals surface area (Å²) in [6.07, 6.45) is 0. The number of anilines is 3. The molecule has 0 atom stereocenters. The summed E-state index contributed by atoms with van der Waals surface area (Å²) in [7, 11) is 0. The van der Waals surface area contributed by atoms with Crippen molar-refractivity contribution >= 4 is 45.8 Å². The number of imide groups is 1. The summed E-state index contributed by atoms with van der Waals surface area (Å²) >= 11 is 1.43. The van der Waals surface area contributed by atoms with Crippen LogP contribution >= 0.6 is 11.3 Å². The monoisotopic (exact) mass is 461 g/mol. The van der Waals surface area contributed by atoms with Crippen LogP contribution in [0.15, 0.2) is 71.7 Å². The van der Waals surface area contributed by atoms with Crippen LogP contribution < -0.4 is 19.9 Å². The van der Waals surface area contributed by atoms with E-state index in [-0.39, 0.29) is 11.6 Å². The van der Waals surface area contributed by atoms with Gasteiger partial charge in [0.25, 0.3) is 11.8 Å². The van der Waals surface area contributed by atoms with E-state index in [0.717, 1.165) is 29.3 Å². The van der Waals surface area contributed by atoms with Gasteiger partial charge in [-0.15, -0.1) is 11.3 Å². The Kier molecular flexibility index (Phi) is 6.79. The van der Waals surface area contributed by atoms with E-state index >= 15 is 0 Å². The molecule has 7 heteroatoms. The Labute approximate surface area is 198 Å². The molecule has 0 radical (unpaired) electrons. The van der Waals surface area contributed by atoms with Crippen LogP contribution in [0.2, 0.25) is 0 Å². The van der Waals surface area contributed by atoms with Crippen LogP contribution in [-0.4, -0.2) is 31.5 Å². The van der Waals surface area contributed by atoms with Gasteiger partial charge in [0.2, 0.25) is 0 Å². The molecule has 1 aromatic heterocycles. The summed E-state index contributed by atoms with van der Waals surface area (Å²) < 4.78 is 5.70. The number of amides is 2. The average molecular weight is 462 g/mol. The number of rotatable bonds is 9. The third-order valence-corrected chi connectivity index (χ3v) is 6.41. The van der Waals surface area contributed by atoms with Gasteiger partial charge in [-0.3, -0.25) is 9.59 Å². The van der Waals surface area contributed by atoms with Gasteiger partial charge in [-0.25, -0.2) is 4.90 Å². The van der Waals surface area contributed by atoms with Crippen molar-refractivity contribution in [1.29, 1.82) is 0 Å². The molecule has 0 unspecified atom stereocenters. The lowest BCUT2D eigenvalue weighted by Crippen LogP contribution is -2.32. The van der Waals surface area contributed by atoms with Gasteiger partial charge in [0.15, 0.2) is 0 Å². The van der Waals surface area contributed by atoms with Crippen molar-refractivity contribution in [2.75, 3.05) is 34.8 Å². The van der Waals surface area contributed by atoms with Crippen LogP contribution in [0.4, 0.5) is 17.1 Å². The Morgan fingerprint density at radius 1 is 0.909 bits per heavy atom. The van der Waals surface area contributed by atoms with Crippen LogP contribution in [0.25, 0.3) is 5.57 Å². The summed E-state index contributed by atoms with van der Waals surface area (Å²) in [5.41, 5.74) is 2.94. The van der Waals surface area contributed by atoms with Gasteiger partial charge >= 0.3 is 0 Å². The highest BCUT2D eigenvalue weighted by atomic mass is 32.1. The van der Waals surface area contributed by atoms with Crippen LogP contribution in [0.1, 0.15) is 25.6 Å². The summed E-state index contributed by atoms with van der Waals surface area (Å²) in [4.78, 5) is 31.3. The van der Waals surface area contributed by atoms with E-state index in [1.54, 1.807) is 18.2 Å². The fourth-order valence-electron chi connectivity index (χ4n) is 3.92. The number of hydrogen-bond acceptors (Lipinski definition) is 6. The fourth-order valence-corrected chi connectivity index (χ4v) is 4.69. The zero-order valence-corrected chi connectivity index (χ0v) is 19.8. The molecule has 0 saturated carbocycles. The van der Waals surface area contributed by atoms with Gasteiger partial charge in [-0.05, 0) is 68.6 Å². The predicted molar refractivity (Wildman–Crippen MR) is 135 cm³/mol. The topological polar surface area (TPSA) is 61.9 Å². The maximum atomic E-state index is 13.6. The Morgan fingerprint density at radius 2 is 1.64 bits per heavy atom. The first-order valence-electron chi connectivity index (χ1n) is 11.1. The van der Waals surface area contributed by atoms with E-state index in [2.05, 4.69) is 24.1 Å². The van der Waals surface area contributed by atoms with Crippen molar-refractivity contribution in [2.45, 2.75) is 20.8 Å². The molecular weight excluding hydrogens is 434 g/mol. The number of carbonyl (C=O) groups is 2. The van der Waals surface area contributed by atoms with E-state index in [1.807, 2.05) is 54.8 Å². The van der Waals surface area contributed by atoms with Crippen LogP contribution in [0, 0.1) is 0 Å². The van der Waals surface area contributed by atoms with E-state index in [0.29, 0.717) is 23.6 Å². The first-order chi connectivity index (χ1) is 16.1. The van der Waals surface area contributed by atoms with Crippen molar-refractivity contribution in [3.05, 3.63) is 76.6 Å². The molecule has 0 spiro atoms. The largest absolute Gasteiger partial charge is 0.492 e. The highest BCUT2D eigenvalue weighted by Crippen LogP contribution is 2.39. The minimum Gasteiger partial charge on any atom is -0.492 e. The van der Waals surface area contributed by atoms with E-state index < -0.39 is 5.91 Å². The van der Waals surface area contributed by atoms with Crippen molar-refractivity contribution in [3.63, 3.8) is 0 Å². The third-order valence-electron chi connectivity index (χ3n) is 5.52. The molecular formula is C26H27N3O3S. The number of nitrogens with one attached hydrogen (secondary N) is 1. The molecule has 33 heavy (non-hydrogen) atoms. The Balaban J connectivity index is 1.72. The first kappa shape index (κ1) is 22.6. The molecule has 0 fully saturated rings. The first-order valence-corrected chi connectivity index (χ1v) is 12.0. The lowest BCUT2D eigenvalue weighted by Gasteiger charge is -2.21. The van der Waals surface area contributed by atoms with Crippen LogP contribution in [0.3, 0.4) is 0 Å². The smallest absolute Gasteiger partial charge is 0.282 e. The summed E-state index contributed by atoms with van der Waals surface area (Å²) in [5.74, 6) is -0.266. The van der Waals surface area contributed by atoms with E-state index in [1.165, 1.54) is 16.2 Å². The van der Waals surface area contributed by atoms with Gasteiger partial charge in [-0.1, -0.05) is 18.2 Å². The molecule has 6 nitrogen and oxygen atoms in total. The van der Waals surface area contributed by atoms with E-state index in [4.69, 9.17) is 4.74 Å². The van der Waals surface area contributed by atoms with Crippen molar-refractivity contribution in [1.82, 2.24) is 0 Å². The second-order valence-corrected chi connectivity index (χ2v) is 8.37. The lowest BCUT2D eigenvalue weighted by atomic mass is 10.1. The molecule has 1 aliphatic heterocycles. The summed E-state index contributed by atoms with van der Waals surface area (Å²) in [5, 5.41) is 5.12. The van der Waals surface area contributed by atoms with Gasteiger partial charge in [0, 0.05) is 29.3 Å². The number of benzene rings is 2. The molecule has 0 bridgehead atoms. The van der Waals surface area contributed by atoms with E-state index in [9.17, 15) is 9.59 Å². The van der Waals surface area contributed by atoms with Crippen LogP contribution in [0.5, 0.6) is 5.75 Å². The normalized spacial score (nSPS) is 13.6. The maximum absolute atomic E-state index is 13.6. The number of thiophene rings is 1. The molecule has 4 rings (SSSR count). The Bertz CT molecular complexity index is 1170. The number of nitrogens with zero attached hydrogens (tertiary/aromatic N) is 2. The molecule has 2 amide bonds. The number of hydrogen-bond donors (Lipinski definition) is 1. The van der Waals surface area contributed by atoms with Gasteiger partial charge in [-0.2, -0.15) is 0 Å². The number of carbonyl (C=O) groups excluding carboxylic acids is 2. The average Bonchev–Trinajstić information content (AvgIpc) is 3.43. The molecule has 0 aliphatic carbocycles. The quantitative estimate of drug-likeness (QED) is 0.433. The summed E-state index contributed by atoms with van der Waals surface area (Å²) in [6, 6.07) is 18.7. The second kappa shape index (κ2) is 9.92. The van der Waals surface area contributed by atoms with Crippen molar-refractivity contribution in [2.24, 2.45) is 0 Å². The Morgan fingerprint density at radius 3 is 2.27 bits per heavy atom. The lowest BCUT2D eigenvalue weighted by molar-refractivity contribution is -0.120. The van der Waals surface area contributed by atoms with Crippen LogP contribution in [-0.2, 0) is 9.59 Å². The number of para-hydroxylation sites is 2. The molecule has 0 saturated heterocycles. The predicted octanol–water partition coefficient (Wildman–Crippen LogP) is 5.39. The minimum absolute atomic E-state index is 0.268. The van der Waals surface area contributed by atoms with Gasteiger partial charge < -0.3 is 15.0 Å². The standard InChI is InChI=1S/C26H27N3O3S/c1-4-28(5-2)19-15-13-18(14-16-19)27-24-23(22-12-9-17-33-22)25(30)29(26(24)31)20-10-7-8-11-21(20)32-6-3/h7-17,27H,4-6H2,1-3H3. The maximum Gasteiger partial charge on any atom is 0.282 e. The molecule has 1 aliphatic rings. The molecule has 2 aromatic carbocycles. The summed E-state index contributed by atoms with van der Waals surface area (Å²) in [6.45, 7) is 8.36. The second-order valence-electron chi connectivity index (χ2n) is 7.42. The fraction of sp³-hybridized carbons (Fsp3) is 0.231. The highest BCUT2D eigenvalue weighted by Gasteiger charge is 2.41. The van der Waals surface area contributed by atoms with Gasteiger partial charge in [0.1, 0.15) is 11.4 Å². The molecule has 2 heterocycles. The SMILES string of the molecule is CCOc1ccccc1N1C(=O)C(Nc2ccc(N(CC)CC)cc2)=C(c2cccs2)C1=O. The van der Waals surface area contributed by atoms with Crippen molar-refractivity contribution < 1.29 is 14.3 Å². The number of ether oxygens (including phenoxy) is 1. The minimum atomic E-state index is -0.400. The third kappa shape index (κ3) is 4.36.